The molecule has 14 heteroatoms. The number of carbonyl (C=O) groups excluding carboxylic acids is 4. The summed E-state index contributed by atoms with van der Waals surface area (Å²) in [6.45, 7) is 2.64. The highest BCUT2D eigenvalue weighted by atomic mass is 35.5. The molecule has 234 valence electrons. The molecule has 13 nitrogen and oxygen atoms in total. The molecule has 2 aromatic heterocycles. The zero-order chi connectivity index (χ0) is 32.3. The Balaban J connectivity index is 0.000000172. The molecule has 3 aliphatic rings. The molecular weight excluding hydrogens is 612 g/mol. The highest BCUT2D eigenvalue weighted by Crippen LogP contribution is 2.36. The second-order valence-corrected chi connectivity index (χ2v) is 11.2. The lowest BCUT2D eigenvalue weighted by atomic mass is 9.83. The number of piperazine rings is 1. The quantitative estimate of drug-likeness (QED) is 0.320. The first kappa shape index (κ1) is 30.6. The topological polar surface area (TPSA) is 150 Å². The molecule has 2 fully saturated rings. The lowest BCUT2D eigenvalue weighted by Crippen LogP contribution is -2.48. The molecule has 0 saturated carbocycles. The summed E-state index contributed by atoms with van der Waals surface area (Å²) < 4.78 is 5.68. The molecule has 2 saturated heterocycles. The van der Waals surface area contributed by atoms with Gasteiger partial charge in [0, 0.05) is 44.8 Å². The highest BCUT2D eigenvalue weighted by Gasteiger charge is 2.49. The second-order valence-electron chi connectivity index (χ2n) is 10.7. The van der Waals surface area contributed by atoms with Crippen molar-refractivity contribution in [1.82, 2.24) is 35.4 Å². The minimum absolute atomic E-state index is 0.144. The Bertz CT molecular complexity index is 1710. The van der Waals surface area contributed by atoms with Crippen LogP contribution in [0.3, 0.4) is 0 Å². The van der Waals surface area contributed by atoms with Crippen molar-refractivity contribution in [2.24, 2.45) is 0 Å². The molecule has 5 heterocycles. The van der Waals surface area contributed by atoms with Crippen molar-refractivity contribution in [1.29, 1.82) is 0 Å². The maximum atomic E-state index is 12.8. The van der Waals surface area contributed by atoms with Crippen LogP contribution in [-0.2, 0) is 15.1 Å². The lowest BCUT2D eigenvalue weighted by Gasteiger charge is -2.33. The molecule has 0 bridgehead atoms. The summed E-state index contributed by atoms with van der Waals surface area (Å²) in [5, 5.41) is 5.50. The maximum absolute atomic E-state index is 12.8. The van der Waals surface area contributed by atoms with Crippen molar-refractivity contribution in [2.75, 3.05) is 38.1 Å². The van der Waals surface area contributed by atoms with Gasteiger partial charge < -0.3 is 19.9 Å². The third-order valence-electron chi connectivity index (χ3n) is 7.83. The fraction of sp³-hybridized carbons (Fsp3) is 0.219. The standard InChI is InChI=1S/C17H17ClN6O3.C15H12N2O2/c1-22-6-8-23(9-7-22)17(26)27-16-14-13(19-4-5-20-14)15(25)24(16)12-3-2-11(18)10-21-12;18-13-15(17-14(19)16-13,11-7-3-1-4-8-11)12-9-5-2-6-10-12/h2-5,10,16H,6-9H2,1H3;1-10H,(H2,16,17,18,19). The van der Waals surface area contributed by atoms with Gasteiger partial charge >= 0.3 is 12.1 Å². The van der Waals surface area contributed by atoms with E-state index in [0.29, 0.717) is 29.6 Å². The van der Waals surface area contributed by atoms with Crippen LogP contribution in [0.1, 0.15) is 33.5 Å². The minimum atomic E-state index is -1.14. The molecule has 5 amide bonds. The summed E-state index contributed by atoms with van der Waals surface area (Å²) in [6.07, 6.45) is 2.78. The monoisotopic (exact) mass is 640 g/mol. The fourth-order valence-corrected chi connectivity index (χ4v) is 5.56. The number of anilines is 1. The number of likely N-dealkylation sites (N-methyl/N-ethyl adjacent to an activating group) is 1. The van der Waals surface area contributed by atoms with Gasteiger partial charge in [-0.1, -0.05) is 72.3 Å². The minimum Gasteiger partial charge on any atom is -0.419 e. The lowest BCUT2D eigenvalue weighted by molar-refractivity contribution is -0.122. The van der Waals surface area contributed by atoms with E-state index in [0.717, 1.165) is 24.2 Å². The SMILES string of the molecule is CN1CCN(C(=O)OC2c3nccnc3C(=O)N2c2ccc(Cl)cn2)CC1.O=C1NC(=O)C(c2ccccc2)(c2ccccc2)N1. The van der Waals surface area contributed by atoms with Crippen LogP contribution in [0.5, 0.6) is 0 Å². The second kappa shape index (κ2) is 12.9. The van der Waals surface area contributed by atoms with Crippen molar-refractivity contribution in [3.63, 3.8) is 0 Å². The number of hydrogen-bond acceptors (Lipinski definition) is 9. The number of halogens is 1. The third kappa shape index (κ3) is 5.85. The predicted octanol–water partition coefficient (Wildman–Crippen LogP) is 3.34. The van der Waals surface area contributed by atoms with E-state index in [-0.39, 0.29) is 11.6 Å². The van der Waals surface area contributed by atoms with E-state index >= 15 is 0 Å². The predicted molar refractivity (Wildman–Crippen MR) is 167 cm³/mol. The highest BCUT2D eigenvalue weighted by molar-refractivity contribution is 6.30. The first-order chi connectivity index (χ1) is 22.3. The summed E-state index contributed by atoms with van der Waals surface area (Å²) in [4.78, 5) is 66.9. The van der Waals surface area contributed by atoms with Crippen LogP contribution in [0, 0.1) is 0 Å². The molecular formula is C32H29ClN8O5. The number of nitrogens with one attached hydrogen (secondary N) is 2. The van der Waals surface area contributed by atoms with E-state index < -0.39 is 29.8 Å². The first-order valence-electron chi connectivity index (χ1n) is 14.4. The third-order valence-corrected chi connectivity index (χ3v) is 8.05. The number of imide groups is 1. The van der Waals surface area contributed by atoms with Crippen LogP contribution >= 0.6 is 11.6 Å². The average Bonchev–Trinajstić information content (AvgIpc) is 3.55. The van der Waals surface area contributed by atoms with E-state index in [4.69, 9.17) is 16.3 Å². The van der Waals surface area contributed by atoms with Crippen LogP contribution < -0.4 is 15.5 Å². The van der Waals surface area contributed by atoms with Gasteiger partial charge in [-0.25, -0.2) is 24.5 Å². The van der Waals surface area contributed by atoms with Crippen molar-refractivity contribution in [2.45, 2.75) is 11.8 Å². The van der Waals surface area contributed by atoms with Crippen LogP contribution in [0.25, 0.3) is 0 Å². The molecule has 2 N–H and O–H groups in total. The van der Waals surface area contributed by atoms with E-state index in [1.165, 1.54) is 23.5 Å². The maximum Gasteiger partial charge on any atom is 0.412 e. The summed E-state index contributed by atoms with van der Waals surface area (Å²) >= 11 is 5.89. The van der Waals surface area contributed by atoms with E-state index in [2.05, 4.69) is 30.5 Å². The summed E-state index contributed by atoms with van der Waals surface area (Å²) in [7, 11) is 2.00. The number of ether oxygens (including phenoxy) is 1. The number of fused-ring (bicyclic) bond motifs is 1. The number of urea groups is 1. The Labute approximate surface area is 269 Å². The Morgan fingerprint density at radius 3 is 2.07 bits per heavy atom. The van der Waals surface area contributed by atoms with Crippen molar-refractivity contribution < 1.29 is 23.9 Å². The van der Waals surface area contributed by atoms with E-state index in [1.807, 2.05) is 67.7 Å². The van der Waals surface area contributed by atoms with Crippen LogP contribution in [-0.4, -0.2) is 81.9 Å². The molecule has 3 aliphatic heterocycles. The average molecular weight is 641 g/mol. The number of benzene rings is 2. The van der Waals surface area contributed by atoms with Crippen LogP contribution in [0.2, 0.25) is 5.02 Å². The van der Waals surface area contributed by atoms with Gasteiger partial charge in [-0.3, -0.25) is 19.9 Å². The molecule has 7 rings (SSSR count). The van der Waals surface area contributed by atoms with Crippen LogP contribution in [0.4, 0.5) is 15.4 Å². The molecule has 46 heavy (non-hydrogen) atoms. The van der Waals surface area contributed by atoms with Crippen molar-refractivity contribution >= 4 is 41.4 Å². The molecule has 4 aromatic rings. The van der Waals surface area contributed by atoms with Gasteiger partial charge in [-0.15, -0.1) is 0 Å². The van der Waals surface area contributed by atoms with Crippen LogP contribution in [0.15, 0.2) is 91.4 Å². The zero-order valence-corrected chi connectivity index (χ0v) is 25.4. The summed E-state index contributed by atoms with van der Waals surface area (Å²) in [6, 6.07) is 21.2. The largest absolute Gasteiger partial charge is 0.419 e. The molecule has 1 atom stereocenters. The number of aromatic nitrogens is 3. The van der Waals surface area contributed by atoms with Gasteiger partial charge in [0.1, 0.15) is 11.5 Å². The zero-order valence-electron chi connectivity index (χ0n) is 24.7. The number of hydrogen-bond donors (Lipinski definition) is 2. The number of nitrogens with zero attached hydrogens (tertiary/aromatic N) is 6. The van der Waals surface area contributed by atoms with E-state index in [1.54, 1.807) is 17.0 Å². The molecule has 0 aliphatic carbocycles. The normalized spacial score (nSPS) is 18.7. The Kier molecular flexibility index (Phi) is 8.59. The van der Waals surface area contributed by atoms with Gasteiger partial charge in [0.2, 0.25) is 6.23 Å². The molecule has 1 unspecified atom stereocenters. The molecule has 0 spiro atoms. The van der Waals surface area contributed by atoms with E-state index in [9.17, 15) is 19.2 Å². The smallest absolute Gasteiger partial charge is 0.412 e. The van der Waals surface area contributed by atoms with Gasteiger partial charge in [0.15, 0.2) is 11.2 Å². The number of pyridine rings is 1. The Morgan fingerprint density at radius 2 is 1.50 bits per heavy atom. The molecule has 2 aromatic carbocycles. The number of rotatable bonds is 4. The first-order valence-corrected chi connectivity index (χ1v) is 14.8. The Hall–Kier alpha value is -5.40. The number of carbonyl (C=O) groups is 4. The summed E-state index contributed by atoms with van der Waals surface area (Å²) in [5.74, 6) is -0.473. The van der Waals surface area contributed by atoms with Gasteiger partial charge in [0.05, 0.1) is 5.02 Å². The van der Waals surface area contributed by atoms with Gasteiger partial charge in [-0.05, 0) is 30.3 Å². The number of amides is 5. The fourth-order valence-electron chi connectivity index (χ4n) is 5.44. The van der Waals surface area contributed by atoms with Gasteiger partial charge in [0.25, 0.3) is 11.8 Å². The van der Waals surface area contributed by atoms with Crippen molar-refractivity contribution in [3.8, 4) is 0 Å². The van der Waals surface area contributed by atoms with Gasteiger partial charge in [-0.2, -0.15) is 0 Å². The van der Waals surface area contributed by atoms with Crippen molar-refractivity contribution in [3.05, 3.63) is 119 Å². The molecule has 0 radical (unpaired) electrons. The summed E-state index contributed by atoms with van der Waals surface area (Å²) in [5.41, 5.74) is 0.779. The Morgan fingerprint density at radius 1 is 0.870 bits per heavy atom.